The number of ether oxygens (including phenoxy) is 1. The average molecular weight is 426 g/mol. The van der Waals surface area contributed by atoms with Crippen molar-refractivity contribution in [3.8, 4) is 5.75 Å². The molecule has 0 aliphatic rings. The first-order valence-corrected chi connectivity index (χ1v) is 8.95. The quantitative estimate of drug-likeness (QED) is 0.755. The second kappa shape index (κ2) is 6.55. The lowest BCUT2D eigenvalue weighted by atomic mass is 10.2. The number of aromatic nitrogens is 2. The van der Waals surface area contributed by atoms with E-state index in [4.69, 9.17) is 4.74 Å². The summed E-state index contributed by atoms with van der Waals surface area (Å²) in [5.41, 5.74) is -0.923. The van der Waals surface area contributed by atoms with Crippen LogP contribution in [-0.2, 0) is 16.0 Å². The molecule has 1 aromatic carbocycles. The van der Waals surface area contributed by atoms with Crippen LogP contribution in [0.3, 0.4) is 0 Å². The Kier molecular flexibility index (Phi) is 5.04. The Bertz CT molecular complexity index is 872. The summed E-state index contributed by atoms with van der Waals surface area (Å²) in [6.07, 6.45) is -2.42. The number of rotatable bonds is 4. The van der Waals surface area contributed by atoms with Crippen molar-refractivity contribution in [2.75, 3.05) is 18.7 Å². The lowest BCUT2D eigenvalue weighted by Crippen LogP contribution is -2.08. The van der Waals surface area contributed by atoms with Crippen LogP contribution in [0.15, 0.2) is 33.9 Å². The van der Waals surface area contributed by atoms with E-state index in [1.54, 1.807) is 0 Å². The van der Waals surface area contributed by atoms with Crippen molar-refractivity contribution in [2.45, 2.75) is 11.2 Å². The molecule has 1 aromatic heterocycles. The van der Waals surface area contributed by atoms with Crippen molar-refractivity contribution >= 4 is 37.4 Å². The second-order valence-electron chi connectivity index (χ2n) is 4.69. The van der Waals surface area contributed by atoms with Crippen LogP contribution in [0.25, 0.3) is 0 Å². The van der Waals surface area contributed by atoms with Gasteiger partial charge in [-0.15, -0.1) is 0 Å². The number of halogens is 4. The molecule has 6 nitrogen and oxygen atoms in total. The summed E-state index contributed by atoms with van der Waals surface area (Å²) >= 11 is 3.01. The van der Waals surface area contributed by atoms with Crippen molar-refractivity contribution in [1.82, 2.24) is 9.97 Å². The number of hydrogen-bond donors (Lipinski definition) is 1. The fourth-order valence-corrected chi connectivity index (χ4v) is 3.49. The Morgan fingerprint density at radius 2 is 1.92 bits per heavy atom. The molecule has 0 radical (unpaired) electrons. The van der Waals surface area contributed by atoms with E-state index in [-0.39, 0.29) is 26.9 Å². The van der Waals surface area contributed by atoms with E-state index < -0.39 is 21.6 Å². The highest BCUT2D eigenvalue weighted by molar-refractivity contribution is 9.10. The average Bonchev–Trinajstić information content (AvgIpc) is 2.47. The van der Waals surface area contributed by atoms with Crippen molar-refractivity contribution in [2.24, 2.45) is 0 Å². The Morgan fingerprint density at radius 3 is 2.46 bits per heavy atom. The highest BCUT2D eigenvalue weighted by Crippen LogP contribution is 2.34. The van der Waals surface area contributed by atoms with Gasteiger partial charge in [-0.25, -0.2) is 13.4 Å². The summed E-state index contributed by atoms with van der Waals surface area (Å²) in [6, 6.07) is 2.99. The molecule has 0 saturated heterocycles. The molecule has 0 atom stereocenters. The minimum Gasteiger partial charge on any atom is -0.497 e. The predicted octanol–water partition coefficient (Wildman–Crippen LogP) is 3.41. The number of nitrogens with zero attached hydrogens (tertiary/aromatic N) is 2. The molecule has 0 fully saturated rings. The molecule has 0 unspecified atom stereocenters. The number of methoxy groups -OCH3 is 1. The third-order valence-corrected chi connectivity index (χ3v) is 4.65. The Labute approximate surface area is 144 Å². The molecule has 2 rings (SSSR count). The van der Waals surface area contributed by atoms with Gasteiger partial charge in [0.1, 0.15) is 5.75 Å². The highest BCUT2D eigenvalue weighted by Gasteiger charge is 2.31. The normalized spacial score (nSPS) is 12.1. The Morgan fingerprint density at radius 1 is 1.25 bits per heavy atom. The van der Waals surface area contributed by atoms with Gasteiger partial charge in [0, 0.05) is 24.2 Å². The number of nitrogens with one attached hydrogen (secondary N) is 1. The fourth-order valence-electron chi connectivity index (χ4n) is 1.75. The molecule has 1 heterocycles. The van der Waals surface area contributed by atoms with E-state index in [1.807, 2.05) is 0 Å². The fraction of sp³-hybridized carbons (Fsp3) is 0.231. The maximum Gasteiger partial charge on any atom is 0.416 e. The van der Waals surface area contributed by atoms with Crippen LogP contribution in [0.4, 0.5) is 24.8 Å². The SMILES string of the molecule is COc1cc(Nc2ncc(Br)c(S(C)(=O)=O)n2)cc(C(F)(F)F)c1. The molecule has 0 saturated carbocycles. The molecular weight excluding hydrogens is 415 g/mol. The first-order valence-electron chi connectivity index (χ1n) is 6.26. The minimum absolute atomic E-state index is 0.00319. The van der Waals surface area contributed by atoms with Gasteiger partial charge in [0.15, 0.2) is 14.9 Å². The van der Waals surface area contributed by atoms with Crippen LogP contribution < -0.4 is 10.1 Å². The van der Waals surface area contributed by atoms with Gasteiger partial charge in [0.25, 0.3) is 0 Å². The van der Waals surface area contributed by atoms with E-state index in [2.05, 4.69) is 31.2 Å². The molecule has 0 spiro atoms. The molecule has 0 amide bonds. The van der Waals surface area contributed by atoms with Crippen molar-refractivity contribution < 1.29 is 26.3 Å². The number of benzene rings is 1. The van der Waals surface area contributed by atoms with Crippen LogP contribution in [0.1, 0.15) is 5.56 Å². The van der Waals surface area contributed by atoms with Gasteiger partial charge in [-0.2, -0.15) is 18.2 Å². The summed E-state index contributed by atoms with van der Waals surface area (Å²) in [7, 11) is -2.40. The topological polar surface area (TPSA) is 81.2 Å². The lowest BCUT2D eigenvalue weighted by Gasteiger charge is -2.13. The molecule has 0 bridgehead atoms. The summed E-state index contributed by atoms with van der Waals surface area (Å²) < 4.78 is 66.9. The maximum absolute atomic E-state index is 12.9. The van der Waals surface area contributed by atoms with Gasteiger partial charge in [-0.1, -0.05) is 0 Å². The molecule has 0 aliphatic carbocycles. The van der Waals surface area contributed by atoms with E-state index in [0.717, 1.165) is 18.4 Å². The molecule has 11 heteroatoms. The summed E-state index contributed by atoms with van der Waals surface area (Å²) in [6.45, 7) is 0. The van der Waals surface area contributed by atoms with Gasteiger partial charge >= 0.3 is 6.18 Å². The first-order chi connectivity index (χ1) is 11.0. The zero-order valence-corrected chi connectivity index (χ0v) is 14.8. The monoisotopic (exact) mass is 425 g/mol. The summed E-state index contributed by atoms with van der Waals surface area (Å²) in [5, 5.41) is 2.26. The third-order valence-electron chi connectivity index (χ3n) is 2.79. The van der Waals surface area contributed by atoms with Crippen LogP contribution in [-0.4, -0.2) is 31.8 Å². The molecule has 1 N–H and O–H groups in total. The first kappa shape index (κ1) is 18.5. The highest BCUT2D eigenvalue weighted by atomic mass is 79.9. The smallest absolute Gasteiger partial charge is 0.416 e. The predicted molar refractivity (Wildman–Crippen MR) is 84.1 cm³/mol. The van der Waals surface area contributed by atoms with Crippen molar-refractivity contribution in [3.63, 3.8) is 0 Å². The Hall–Kier alpha value is -1.88. The molecule has 130 valence electrons. The van der Waals surface area contributed by atoms with Gasteiger partial charge in [0.2, 0.25) is 5.95 Å². The van der Waals surface area contributed by atoms with Crippen LogP contribution in [0.2, 0.25) is 0 Å². The number of hydrogen-bond acceptors (Lipinski definition) is 6. The zero-order chi connectivity index (χ0) is 18.1. The molecular formula is C13H11BrF3N3O3S. The molecule has 0 aliphatic heterocycles. The number of sulfone groups is 1. The standard InChI is InChI=1S/C13H11BrF3N3O3S/c1-23-9-4-7(13(15,16)17)3-8(5-9)19-12-18-6-10(14)11(20-12)24(2,21)22/h3-6H,1-2H3,(H,18,19,20). The van der Waals surface area contributed by atoms with E-state index >= 15 is 0 Å². The number of anilines is 2. The largest absolute Gasteiger partial charge is 0.497 e. The zero-order valence-electron chi connectivity index (χ0n) is 12.3. The molecule has 24 heavy (non-hydrogen) atoms. The van der Waals surface area contributed by atoms with Gasteiger partial charge in [0.05, 0.1) is 17.1 Å². The van der Waals surface area contributed by atoms with Gasteiger partial charge in [-0.05, 0) is 28.1 Å². The van der Waals surface area contributed by atoms with Gasteiger partial charge < -0.3 is 10.1 Å². The lowest BCUT2D eigenvalue weighted by molar-refractivity contribution is -0.137. The van der Waals surface area contributed by atoms with Crippen molar-refractivity contribution in [3.05, 3.63) is 34.4 Å². The Balaban J connectivity index is 2.45. The second-order valence-corrected chi connectivity index (χ2v) is 7.48. The minimum atomic E-state index is -4.57. The van der Waals surface area contributed by atoms with Crippen LogP contribution in [0, 0.1) is 0 Å². The van der Waals surface area contributed by atoms with Crippen LogP contribution in [0.5, 0.6) is 5.75 Å². The van der Waals surface area contributed by atoms with Gasteiger partial charge in [-0.3, -0.25) is 0 Å². The number of alkyl halides is 3. The van der Waals surface area contributed by atoms with Crippen molar-refractivity contribution in [1.29, 1.82) is 0 Å². The maximum atomic E-state index is 12.9. The molecule has 2 aromatic rings. The van der Waals surface area contributed by atoms with Crippen LogP contribution >= 0.6 is 15.9 Å². The van der Waals surface area contributed by atoms with E-state index in [0.29, 0.717) is 0 Å². The van der Waals surface area contributed by atoms with E-state index in [9.17, 15) is 21.6 Å². The summed E-state index contributed by atoms with van der Waals surface area (Å²) in [4.78, 5) is 7.65. The summed E-state index contributed by atoms with van der Waals surface area (Å²) in [5.74, 6) is -0.187. The van der Waals surface area contributed by atoms with E-state index in [1.165, 1.54) is 19.4 Å². The third kappa shape index (κ3) is 4.35.